The molecule has 0 aliphatic carbocycles. The van der Waals surface area contributed by atoms with Crippen molar-refractivity contribution >= 4 is 12.2 Å². The minimum absolute atomic E-state index is 0.397. The van der Waals surface area contributed by atoms with E-state index in [1.165, 1.54) is 34.4 Å². The molecule has 0 bridgehead atoms. The molecule has 5 aromatic carbocycles. The fourth-order valence-electron chi connectivity index (χ4n) is 4.70. The molecular formula is C36H27F2N. The zero-order chi connectivity index (χ0) is 27.2. The van der Waals surface area contributed by atoms with Gasteiger partial charge in [-0.25, -0.2) is 8.78 Å². The Morgan fingerprint density at radius 2 is 1.10 bits per heavy atom. The summed E-state index contributed by atoms with van der Waals surface area (Å²) in [5.41, 5.74) is 7.61. The van der Waals surface area contributed by atoms with Gasteiger partial charge in [-0.1, -0.05) is 122 Å². The van der Waals surface area contributed by atoms with Crippen LogP contribution in [0, 0.1) is 23.0 Å². The maximum Gasteiger partial charge on any atom is 0.144 e. The van der Waals surface area contributed by atoms with E-state index in [4.69, 9.17) is 5.26 Å². The Morgan fingerprint density at radius 1 is 0.641 bits per heavy atom. The van der Waals surface area contributed by atoms with Gasteiger partial charge in [0.25, 0.3) is 0 Å². The summed E-state index contributed by atoms with van der Waals surface area (Å²) in [6.45, 7) is 2.27. The summed E-state index contributed by atoms with van der Waals surface area (Å²) in [5.74, 6) is -1.23. The Hall–Kier alpha value is -4.81. The molecule has 1 atom stereocenters. The van der Waals surface area contributed by atoms with Crippen molar-refractivity contribution in [3.8, 4) is 28.3 Å². The van der Waals surface area contributed by atoms with Gasteiger partial charge in [-0.2, -0.15) is 5.26 Å². The van der Waals surface area contributed by atoms with E-state index in [0.717, 1.165) is 17.5 Å². The largest absolute Gasteiger partial charge is 0.205 e. The van der Waals surface area contributed by atoms with Crippen molar-refractivity contribution < 1.29 is 8.78 Å². The highest BCUT2D eigenvalue weighted by molar-refractivity contribution is 5.74. The van der Waals surface area contributed by atoms with E-state index in [1.54, 1.807) is 6.07 Å². The van der Waals surface area contributed by atoms with Crippen LogP contribution in [0.3, 0.4) is 0 Å². The first-order chi connectivity index (χ1) is 19.0. The van der Waals surface area contributed by atoms with Gasteiger partial charge in [0.2, 0.25) is 0 Å². The maximum absolute atomic E-state index is 14.0. The molecule has 0 heterocycles. The zero-order valence-corrected chi connectivity index (χ0v) is 21.6. The molecule has 0 saturated carbocycles. The Labute approximate surface area is 228 Å². The summed E-state index contributed by atoms with van der Waals surface area (Å²) in [6.07, 6.45) is 5.05. The molecule has 5 rings (SSSR count). The summed E-state index contributed by atoms with van der Waals surface area (Å²) >= 11 is 0. The van der Waals surface area contributed by atoms with E-state index in [0.29, 0.717) is 17.0 Å². The molecule has 0 spiro atoms. The molecule has 0 amide bonds. The Bertz CT molecular complexity index is 1600. The summed E-state index contributed by atoms with van der Waals surface area (Å²) in [7, 11) is 0. The standard InChI is InChI=1S/C36H27F2N/c1-25(29-5-3-2-4-6-29)21-28-13-19-31(20-14-28)30-15-9-26(10-16-30)7-8-27-11-17-32(18-12-27)33-22-35(37)34(24-39)36(38)23-33/h2-20,22-23,25H,21H2,1H3/t25-/m1/s1. The van der Waals surface area contributed by atoms with Gasteiger partial charge in [0.1, 0.15) is 23.3 Å². The molecule has 0 fully saturated rings. The Kier molecular flexibility index (Phi) is 7.75. The minimum atomic E-state index is -0.853. The van der Waals surface area contributed by atoms with Gasteiger partial charge in [-0.15, -0.1) is 0 Å². The lowest BCUT2D eigenvalue weighted by Gasteiger charge is -2.12. The highest BCUT2D eigenvalue weighted by Gasteiger charge is 2.11. The quantitative estimate of drug-likeness (QED) is 0.200. The fraction of sp³-hybridized carbons (Fsp3) is 0.0833. The number of halogens is 2. The van der Waals surface area contributed by atoms with Gasteiger partial charge in [0, 0.05) is 0 Å². The molecule has 0 unspecified atom stereocenters. The Morgan fingerprint density at radius 3 is 1.59 bits per heavy atom. The molecule has 0 N–H and O–H groups in total. The number of nitrogens with zero attached hydrogens (tertiary/aromatic N) is 1. The van der Waals surface area contributed by atoms with Crippen molar-refractivity contribution in [2.24, 2.45) is 0 Å². The number of hydrogen-bond acceptors (Lipinski definition) is 1. The van der Waals surface area contributed by atoms with Gasteiger partial charge in [-0.05, 0) is 69.0 Å². The van der Waals surface area contributed by atoms with E-state index in [-0.39, 0.29) is 0 Å². The van der Waals surface area contributed by atoms with Crippen molar-refractivity contribution in [2.75, 3.05) is 0 Å². The summed E-state index contributed by atoms with van der Waals surface area (Å²) in [4.78, 5) is 0. The van der Waals surface area contributed by atoms with Crippen LogP contribution in [0.2, 0.25) is 0 Å². The minimum Gasteiger partial charge on any atom is -0.205 e. The molecule has 0 saturated heterocycles. The van der Waals surface area contributed by atoms with Crippen LogP contribution in [0.25, 0.3) is 34.4 Å². The lowest BCUT2D eigenvalue weighted by atomic mass is 9.93. The highest BCUT2D eigenvalue weighted by Crippen LogP contribution is 2.26. The van der Waals surface area contributed by atoms with Crippen LogP contribution in [0.5, 0.6) is 0 Å². The third-order valence-corrected chi connectivity index (χ3v) is 6.97. The molecule has 0 aromatic heterocycles. The van der Waals surface area contributed by atoms with Crippen LogP contribution in [-0.4, -0.2) is 0 Å². The molecule has 0 aliphatic heterocycles. The average Bonchev–Trinajstić information content (AvgIpc) is 2.97. The van der Waals surface area contributed by atoms with Crippen molar-refractivity contribution in [1.82, 2.24) is 0 Å². The summed E-state index contributed by atoms with van der Waals surface area (Å²) in [6, 6.07) is 39.2. The van der Waals surface area contributed by atoms with Gasteiger partial charge < -0.3 is 0 Å². The van der Waals surface area contributed by atoms with Crippen molar-refractivity contribution in [1.29, 1.82) is 5.26 Å². The van der Waals surface area contributed by atoms with E-state index < -0.39 is 17.2 Å². The monoisotopic (exact) mass is 511 g/mol. The number of nitriles is 1. The first-order valence-electron chi connectivity index (χ1n) is 12.9. The molecule has 1 nitrogen and oxygen atoms in total. The van der Waals surface area contributed by atoms with E-state index in [9.17, 15) is 8.78 Å². The van der Waals surface area contributed by atoms with Gasteiger partial charge in [0.15, 0.2) is 0 Å². The normalized spacial score (nSPS) is 11.8. The van der Waals surface area contributed by atoms with E-state index in [1.807, 2.05) is 36.4 Å². The lowest BCUT2D eigenvalue weighted by molar-refractivity contribution is 0.577. The van der Waals surface area contributed by atoms with Crippen molar-refractivity contribution in [3.05, 3.63) is 155 Å². The SMILES string of the molecule is C[C@H](Cc1ccc(-c2ccc(C=Cc3ccc(-c4cc(F)c(C#N)c(F)c4)cc3)cc2)cc1)c1ccccc1. The molecule has 0 radical (unpaired) electrons. The van der Waals surface area contributed by atoms with Crippen LogP contribution in [0.4, 0.5) is 8.78 Å². The second-order valence-electron chi connectivity index (χ2n) is 9.72. The number of hydrogen-bond donors (Lipinski definition) is 0. The van der Waals surface area contributed by atoms with Crippen LogP contribution in [-0.2, 0) is 6.42 Å². The molecule has 3 heteroatoms. The topological polar surface area (TPSA) is 23.8 Å². The first-order valence-corrected chi connectivity index (χ1v) is 12.9. The molecule has 190 valence electrons. The van der Waals surface area contributed by atoms with Crippen LogP contribution in [0.15, 0.2) is 115 Å². The smallest absolute Gasteiger partial charge is 0.144 e. The van der Waals surface area contributed by atoms with E-state index in [2.05, 4.69) is 85.8 Å². The third-order valence-electron chi connectivity index (χ3n) is 6.97. The predicted octanol–water partition coefficient (Wildman–Crippen LogP) is 9.69. The van der Waals surface area contributed by atoms with Crippen LogP contribution in [0.1, 0.15) is 40.7 Å². The number of rotatable bonds is 7. The van der Waals surface area contributed by atoms with E-state index >= 15 is 0 Å². The predicted molar refractivity (Wildman–Crippen MR) is 156 cm³/mol. The molecule has 5 aromatic rings. The van der Waals surface area contributed by atoms with Crippen molar-refractivity contribution in [2.45, 2.75) is 19.3 Å². The summed E-state index contributed by atoms with van der Waals surface area (Å²) < 4.78 is 27.9. The van der Waals surface area contributed by atoms with Crippen LogP contribution >= 0.6 is 0 Å². The van der Waals surface area contributed by atoms with Gasteiger partial charge >= 0.3 is 0 Å². The van der Waals surface area contributed by atoms with Gasteiger partial charge in [-0.3, -0.25) is 0 Å². The van der Waals surface area contributed by atoms with Crippen molar-refractivity contribution in [3.63, 3.8) is 0 Å². The lowest BCUT2D eigenvalue weighted by Crippen LogP contribution is -1.98. The average molecular weight is 512 g/mol. The second kappa shape index (κ2) is 11.7. The molecule has 39 heavy (non-hydrogen) atoms. The van der Waals surface area contributed by atoms with Crippen LogP contribution < -0.4 is 0 Å². The first kappa shape index (κ1) is 25.8. The highest BCUT2D eigenvalue weighted by atomic mass is 19.1. The Balaban J connectivity index is 1.22. The van der Waals surface area contributed by atoms with Gasteiger partial charge in [0.05, 0.1) is 0 Å². The maximum atomic E-state index is 14.0. The molecule has 0 aliphatic rings. The number of benzene rings is 5. The zero-order valence-electron chi connectivity index (χ0n) is 21.6. The second-order valence-corrected chi connectivity index (χ2v) is 9.72. The summed E-state index contributed by atoms with van der Waals surface area (Å²) in [5, 5.41) is 8.85. The fourth-order valence-corrected chi connectivity index (χ4v) is 4.70. The molecular weight excluding hydrogens is 484 g/mol. The third kappa shape index (κ3) is 6.20.